The molecular weight excluding hydrogens is 246 g/mol. The fourth-order valence-corrected chi connectivity index (χ4v) is 2.36. The molecule has 0 amide bonds. The van der Waals surface area contributed by atoms with E-state index in [9.17, 15) is 4.79 Å². The van der Waals surface area contributed by atoms with E-state index in [1.165, 1.54) is 12.7 Å². The fourth-order valence-electron chi connectivity index (χ4n) is 2.36. The van der Waals surface area contributed by atoms with E-state index in [-0.39, 0.29) is 25.0 Å². The minimum Gasteiger partial charge on any atom is -0.493 e. The number of carbonyl (C=O) groups excluding carboxylic acids is 1. The summed E-state index contributed by atoms with van der Waals surface area (Å²) < 4.78 is 15.6. The molecule has 1 aliphatic carbocycles. The molecule has 2 rings (SSSR count). The minimum atomic E-state index is -0.290. The van der Waals surface area contributed by atoms with Crippen LogP contribution in [0.25, 0.3) is 0 Å². The van der Waals surface area contributed by atoms with Crippen molar-refractivity contribution in [1.29, 1.82) is 0 Å². The molecule has 0 aliphatic heterocycles. The van der Waals surface area contributed by atoms with Crippen LogP contribution >= 0.6 is 0 Å². The van der Waals surface area contributed by atoms with Crippen molar-refractivity contribution in [1.82, 2.24) is 0 Å². The molecule has 0 saturated heterocycles. The molecule has 104 valence electrons. The summed E-state index contributed by atoms with van der Waals surface area (Å²) in [6.45, 7) is 0.272. The normalized spacial score (nSPS) is 16.9. The maximum absolute atomic E-state index is 11.0. The van der Waals surface area contributed by atoms with E-state index < -0.39 is 0 Å². The third-order valence-electron chi connectivity index (χ3n) is 3.27. The monoisotopic (exact) mass is 265 g/mol. The second-order valence-corrected chi connectivity index (χ2v) is 4.58. The topological polar surface area (TPSA) is 70.8 Å². The number of methoxy groups -OCH3 is 2. The summed E-state index contributed by atoms with van der Waals surface area (Å²) in [5.74, 6) is 1.09. The van der Waals surface area contributed by atoms with E-state index >= 15 is 0 Å². The summed E-state index contributed by atoms with van der Waals surface area (Å²) >= 11 is 0. The molecule has 0 radical (unpaired) electrons. The highest BCUT2D eigenvalue weighted by molar-refractivity contribution is 5.69. The Balaban J connectivity index is 2.09. The lowest BCUT2D eigenvalue weighted by Gasteiger charge is -2.14. The van der Waals surface area contributed by atoms with Gasteiger partial charge < -0.3 is 19.9 Å². The van der Waals surface area contributed by atoms with Crippen molar-refractivity contribution in [2.24, 2.45) is 5.73 Å². The predicted octanol–water partition coefficient (Wildman–Crippen LogP) is 1.06. The summed E-state index contributed by atoms with van der Waals surface area (Å²) in [6.07, 6.45) is 1.89. The van der Waals surface area contributed by atoms with E-state index in [0.717, 1.165) is 24.2 Å². The van der Waals surface area contributed by atoms with Gasteiger partial charge in [-0.15, -0.1) is 0 Å². The molecule has 5 nitrogen and oxygen atoms in total. The average Bonchev–Trinajstić information content (AvgIpc) is 2.78. The molecule has 0 spiro atoms. The molecule has 5 heteroatoms. The van der Waals surface area contributed by atoms with Gasteiger partial charge in [-0.1, -0.05) is 6.07 Å². The van der Waals surface area contributed by atoms with E-state index in [4.69, 9.17) is 15.2 Å². The summed E-state index contributed by atoms with van der Waals surface area (Å²) in [6, 6.07) is 4.03. The van der Waals surface area contributed by atoms with Gasteiger partial charge in [0.2, 0.25) is 0 Å². The Morgan fingerprint density at radius 1 is 1.37 bits per heavy atom. The Hall–Kier alpha value is -1.75. The van der Waals surface area contributed by atoms with Crippen molar-refractivity contribution in [3.05, 3.63) is 23.3 Å². The first-order valence-electron chi connectivity index (χ1n) is 6.29. The maximum atomic E-state index is 11.0. The second-order valence-electron chi connectivity index (χ2n) is 4.58. The van der Waals surface area contributed by atoms with Crippen LogP contribution in [0, 0.1) is 0 Å². The summed E-state index contributed by atoms with van der Waals surface area (Å²) in [5, 5.41) is 0. The molecule has 1 atom stereocenters. The number of rotatable bonds is 5. The van der Waals surface area contributed by atoms with Crippen LogP contribution in [0.5, 0.6) is 11.5 Å². The molecule has 0 aromatic heterocycles. The van der Waals surface area contributed by atoms with Crippen LogP contribution < -0.4 is 15.2 Å². The van der Waals surface area contributed by atoms with Crippen molar-refractivity contribution in [3.8, 4) is 11.5 Å². The lowest BCUT2D eigenvalue weighted by Crippen LogP contribution is -2.19. The van der Waals surface area contributed by atoms with Crippen LogP contribution in [-0.4, -0.2) is 32.8 Å². The second kappa shape index (κ2) is 5.93. The zero-order chi connectivity index (χ0) is 13.8. The van der Waals surface area contributed by atoms with E-state index in [1.807, 2.05) is 12.1 Å². The average molecular weight is 265 g/mol. The zero-order valence-corrected chi connectivity index (χ0v) is 11.3. The number of fused-ring (bicyclic) bond motifs is 1. The third kappa shape index (κ3) is 2.98. The molecule has 0 fully saturated rings. The van der Waals surface area contributed by atoms with Gasteiger partial charge in [0, 0.05) is 11.6 Å². The van der Waals surface area contributed by atoms with Gasteiger partial charge >= 0.3 is 5.97 Å². The van der Waals surface area contributed by atoms with Gasteiger partial charge in [0.1, 0.15) is 0 Å². The van der Waals surface area contributed by atoms with E-state index in [1.54, 1.807) is 7.11 Å². The number of ether oxygens (including phenoxy) is 3. The lowest BCUT2D eigenvalue weighted by atomic mass is 10.1. The molecule has 0 heterocycles. The van der Waals surface area contributed by atoms with E-state index in [0.29, 0.717) is 5.75 Å². The largest absolute Gasteiger partial charge is 0.493 e. The van der Waals surface area contributed by atoms with Gasteiger partial charge in [0.05, 0.1) is 27.2 Å². The molecule has 1 aromatic rings. The quantitative estimate of drug-likeness (QED) is 0.806. The first-order chi connectivity index (χ1) is 9.15. The molecule has 1 aromatic carbocycles. The Kier molecular flexibility index (Phi) is 4.27. The molecule has 0 bridgehead atoms. The summed E-state index contributed by atoms with van der Waals surface area (Å²) in [5.41, 5.74) is 8.29. The van der Waals surface area contributed by atoms with Crippen molar-refractivity contribution in [2.75, 3.05) is 20.8 Å². The Morgan fingerprint density at radius 2 is 2.16 bits per heavy atom. The van der Waals surface area contributed by atoms with Gasteiger partial charge in [-0.2, -0.15) is 0 Å². The van der Waals surface area contributed by atoms with Gasteiger partial charge in [-0.3, -0.25) is 4.79 Å². The van der Waals surface area contributed by atoms with Crippen LogP contribution in [0.1, 0.15) is 17.5 Å². The maximum Gasteiger partial charge on any atom is 0.308 e. The number of benzene rings is 1. The van der Waals surface area contributed by atoms with Crippen LogP contribution in [0.3, 0.4) is 0 Å². The first-order valence-corrected chi connectivity index (χ1v) is 6.29. The summed E-state index contributed by atoms with van der Waals surface area (Å²) in [7, 11) is 2.98. The van der Waals surface area contributed by atoms with Crippen molar-refractivity contribution in [3.63, 3.8) is 0 Å². The Labute approximate surface area is 112 Å². The minimum absolute atomic E-state index is 0.147. The molecule has 2 N–H and O–H groups in total. The first kappa shape index (κ1) is 13.7. The molecule has 1 unspecified atom stereocenters. The zero-order valence-electron chi connectivity index (χ0n) is 11.3. The molecule has 1 aliphatic rings. The van der Waals surface area contributed by atoms with Crippen LogP contribution in [-0.2, 0) is 22.4 Å². The predicted molar refractivity (Wildman–Crippen MR) is 70.5 cm³/mol. The smallest absolute Gasteiger partial charge is 0.308 e. The number of carbonyl (C=O) groups is 1. The number of nitrogens with two attached hydrogens (primary N) is 1. The van der Waals surface area contributed by atoms with E-state index in [2.05, 4.69) is 4.74 Å². The fraction of sp³-hybridized carbons (Fsp3) is 0.500. The van der Waals surface area contributed by atoms with Crippen molar-refractivity contribution >= 4 is 5.97 Å². The highest BCUT2D eigenvalue weighted by atomic mass is 16.5. The van der Waals surface area contributed by atoms with Crippen LogP contribution in [0.15, 0.2) is 12.1 Å². The SMILES string of the molecule is COC(=O)CCOc1ccc2c(c1OC)CC(N)C2. The molecule has 19 heavy (non-hydrogen) atoms. The summed E-state index contributed by atoms with van der Waals surface area (Å²) in [4.78, 5) is 11.0. The highest BCUT2D eigenvalue weighted by Crippen LogP contribution is 2.38. The van der Waals surface area contributed by atoms with Crippen LogP contribution in [0.4, 0.5) is 0 Å². The van der Waals surface area contributed by atoms with Gasteiger partial charge in [-0.25, -0.2) is 0 Å². The van der Waals surface area contributed by atoms with Gasteiger partial charge in [-0.05, 0) is 24.5 Å². The Bertz CT molecular complexity index is 473. The van der Waals surface area contributed by atoms with Crippen molar-refractivity contribution < 1.29 is 19.0 Å². The van der Waals surface area contributed by atoms with Gasteiger partial charge in [0.25, 0.3) is 0 Å². The Morgan fingerprint density at radius 3 is 2.84 bits per heavy atom. The lowest BCUT2D eigenvalue weighted by molar-refractivity contribution is -0.141. The standard InChI is InChI=1S/C14H19NO4/c1-17-13(16)5-6-19-12-4-3-9-7-10(15)8-11(9)14(12)18-2/h3-4,10H,5-8,15H2,1-2H3. The highest BCUT2D eigenvalue weighted by Gasteiger charge is 2.24. The number of hydrogen-bond donors (Lipinski definition) is 1. The number of hydrogen-bond acceptors (Lipinski definition) is 5. The molecular formula is C14H19NO4. The van der Waals surface area contributed by atoms with Crippen molar-refractivity contribution in [2.45, 2.75) is 25.3 Å². The van der Waals surface area contributed by atoms with Gasteiger partial charge in [0.15, 0.2) is 11.5 Å². The number of esters is 1. The molecule has 0 saturated carbocycles. The van der Waals surface area contributed by atoms with Crippen LogP contribution in [0.2, 0.25) is 0 Å². The third-order valence-corrected chi connectivity index (χ3v) is 3.27.